The fourth-order valence-corrected chi connectivity index (χ4v) is 6.89. The third-order valence-corrected chi connectivity index (χ3v) is 8.61. The molecule has 2 aromatic carbocycles. The molecule has 0 radical (unpaired) electrons. The van der Waals surface area contributed by atoms with E-state index >= 15 is 0 Å². The average molecular weight is 516 g/mol. The summed E-state index contributed by atoms with van der Waals surface area (Å²) in [6, 6.07) is 18.0. The second-order valence-electron chi connectivity index (χ2n) is 12.2. The highest BCUT2D eigenvalue weighted by Crippen LogP contribution is 2.49. The van der Waals surface area contributed by atoms with Crippen LogP contribution in [0.3, 0.4) is 0 Å². The molecule has 1 saturated heterocycles. The van der Waals surface area contributed by atoms with Crippen molar-refractivity contribution in [3.8, 4) is 5.75 Å². The van der Waals surface area contributed by atoms with E-state index in [9.17, 15) is 0 Å². The monoisotopic (exact) mass is 515 g/mol. The molecule has 0 bridgehead atoms. The van der Waals surface area contributed by atoms with Crippen molar-refractivity contribution in [2.75, 3.05) is 27.3 Å². The van der Waals surface area contributed by atoms with Gasteiger partial charge >= 0.3 is 0 Å². The first kappa shape index (κ1) is 27.0. The number of hydrogen-bond donors (Lipinski definition) is 0. The van der Waals surface area contributed by atoms with Crippen LogP contribution in [0.25, 0.3) is 0 Å². The molecular formula is C34H45NO3. The van der Waals surface area contributed by atoms with Crippen LogP contribution in [0.4, 0.5) is 0 Å². The lowest BCUT2D eigenvalue weighted by atomic mass is 9.65. The zero-order valence-corrected chi connectivity index (χ0v) is 23.9. The number of nitrogens with zero attached hydrogens (tertiary/aromatic N) is 1. The molecule has 2 aromatic rings. The standard InChI is InChI=1S/C34H45NO3/c1-34(2,3)38-29-16-18-31-27(23-29)13-17-30(24-9-7-6-8-10-24)32(31)25-11-14-28(15-12-25)35-21-19-26(20-22-35)33(36-4)37-5/h6-11,14-16,18,23,25-26,30,32-33H,12-13,17,19-22H2,1-5H3/t25?,30-,32+/m1/s1. The molecule has 0 spiro atoms. The number of aryl methyl sites for hydroxylation is 1. The summed E-state index contributed by atoms with van der Waals surface area (Å²) in [5.74, 6) is 2.94. The second-order valence-corrected chi connectivity index (χ2v) is 12.2. The van der Waals surface area contributed by atoms with Gasteiger partial charge in [-0.15, -0.1) is 0 Å². The molecular weight excluding hydrogens is 470 g/mol. The predicted molar refractivity (Wildman–Crippen MR) is 155 cm³/mol. The van der Waals surface area contributed by atoms with Gasteiger partial charge in [-0.1, -0.05) is 48.6 Å². The zero-order chi connectivity index (χ0) is 26.7. The highest BCUT2D eigenvalue weighted by atomic mass is 16.7. The molecule has 2 aliphatic carbocycles. The molecule has 1 fully saturated rings. The van der Waals surface area contributed by atoms with Crippen molar-refractivity contribution in [1.29, 1.82) is 0 Å². The molecule has 4 nitrogen and oxygen atoms in total. The minimum atomic E-state index is -0.190. The normalized spacial score (nSPS) is 24.3. The first-order chi connectivity index (χ1) is 18.4. The van der Waals surface area contributed by atoms with Crippen LogP contribution in [0, 0.1) is 11.8 Å². The minimum Gasteiger partial charge on any atom is -0.488 e. The lowest BCUT2D eigenvalue weighted by Crippen LogP contribution is -2.38. The Bertz CT molecular complexity index is 1120. The maximum Gasteiger partial charge on any atom is 0.159 e. The molecule has 0 saturated carbocycles. The molecule has 0 N–H and O–H groups in total. The zero-order valence-electron chi connectivity index (χ0n) is 23.9. The molecule has 1 unspecified atom stereocenters. The molecule has 0 aromatic heterocycles. The van der Waals surface area contributed by atoms with E-state index in [-0.39, 0.29) is 11.9 Å². The molecule has 1 aliphatic heterocycles. The number of ether oxygens (including phenoxy) is 3. The lowest BCUT2D eigenvalue weighted by Gasteiger charge is -2.41. The van der Waals surface area contributed by atoms with Gasteiger partial charge in [-0.2, -0.15) is 0 Å². The van der Waals surface area contributed by atoms with Gasteiger partial charge in [-0.25, -0.2) is 0 Å². The SMILES string of the molecule is COC(OC)C1CCN(C2=CCC([C@@H]3c4ccc(OC(C)(C)C)cc4CC[C@@H]3c3ccccc3)C=C2)CC1. The van der Waals surface area contributed by atoms with Crippen LogP contribution in [0.1, 0.15) is 75.0 Å². The molecule has 4 heteroatoms. The van der Waals surface area contributed by atoms with Crippen LogP contribution in [-0.4, -0.2) is 44.1 Å². The van der Waals surface area contributed by atoms with Crippen molar-refractivity contribution >= 4 is 0 Å². The maximum atomic E-state index is 6.23. The van der Waals surface area contributed by atoms with E-state index in [0.29, 0.717) is 23.7 Å². The van der Waals surface area contributed by atoms with E-state index in [1.807, 2.05) is 0 Å². The first-order valence-electron chi connectivity index (χ1n) is 14.4. The summed E-state index contributed by atoms with van der Waals surface area (Å²) < 4.78 is 17.3. The van der Waals surface area contributed by atoms with Gasteiger partial charge < -0.3 is 19.1 Å². The first-order valence-corrected chi connectivity index (χ1v) is 14.4. The predicted octanol–water partition coefficient (Wildman–Crippen LogP) is 7.47. The molecule has 38 heavy (non-hydrogen) atoms. The molecule has 3 atom stereocenters. The van der Waals surface area contributed by atoms with E-state index in [4.69, 9.17) is 14.2 Å². The number of allylic oxidation sites excluding steroid dienone is 3. The summed E-state index contributed by atoms with van der Waals surface area (Å²) in [5, 5.41) is 0. The number of piperidine rings is 1. The summed E-state index contributed by atoms with van der Waals surface area (Å²) in [6.45, 7) is 8.47. The van der Waals surface area contributed by atoms with Crippen molar-refractivity contribution in [3.05, 3.63) is 89.1 Å². The number of rotatable bonds is 7. The fraction of sp³-hybridized carbons (Fsp3) is 0.529. The fourth-order valence-electron chi connectivity index (χ4n) is 6.89. The number of benzene rings is 2. The van der Waals surface area contributed by atoms with E-state index in [2.05, 4.69) is 92.4 Å². The van der Waals surface area contributed by atoms with Crippen LogP contribution >= 0.6 is 0 Å². The van der Waals surface area contributed by atoms with Gasteiger partial charge in [-0.05, 0) is 106 Å². The van der Waals surface area contributed by atoms with Gasteiger partial charge in [0.25, 0.3) is 0 Å². The van der Waals surface area contributed by atoms with Gasteiger partial charge in [0.1, 0.15) is 11.4 Å². The quantitative estimate of drug-likeness (QED) is 0.358. The van der Waals surface area contributed by atoms with Gasteiger partial charge in [0.05, 0.1) is 0 Å². The summed E-state index contributed by atoms with van der Waals surface area (Å²) in [5.41, 5.74) is 5.62. The maximum absolute atomic E-state index is 6.23. The summed E-state index contributed by atoms with van der Waals surface area (Å²) >= 11 is 0. The summed E-state index contributed by atoms with van der Waals surface area (Å²) in [4.78, 5) is 2.55. The third-order valence-electron chi connectivity index (χ3n) is 8.61. The Hall–Kier alpha value is -2.56. The van der Waals surface area contributed by atoms with Crippen molar-refractivity contribution in [2.24, 2.45) is 11.8 Å². The number of methoxy groups -OCH3 is 2. The van der Waals surface area contributed by atoms with Crippen LogP contribution in [0.2, 0.25) is 0 Å². The molecule has 3 aliphatic rings. The highest BCUT2D eigenvalue weighted by molar-refractivity contribution is 5.44. The molecule has 1 heterocycles. The summed E-state index contributed by atoms with van der Waals surface area (Å²) in [7, 11) is 3.50. The Morgan fingerprint density at radius 1 is 0.921 bits per heavy atom. The number of hydrogen-bond acceptors (Lipinski definition) is 4. The highest BCUT2D eigenvalue weighted by Gasteiger charge is 2.36. The minimum absolute atomic E-state index is 0.0898. The van der Waals surface area contributed by atoms with E-state index in [1.165, 1.54) is 28.8 Å². The largest absolute Gasteiger partial charge is 0.488 e. The van der Waals surface area contributed by atoms with Crippen molar-refractivity contribution in [1.82, 2.24) is 4.90 Å². The smallest absolute Gasteiger partial charge is 0.159 e. The Labute approximate surface area is 229 Å². The van der Waals surface area contributed by atoms with Gasteiger partial charge in [-0.3, -0.25) is 0 Å². The third kappa shape index (κ3) is 6.02. The molecule has 5 rings (SSSR count). The van der Waals surface area contributed by atoms with Crippen molar-refractivity contribution in [3.63, 3.8) is 0 Å². The Morgan fingerprint density at radius 2 is 1.66 bits per heavy atom. The topological polar surface area (TPSA) is 30.9 Å². The Balaban J connectivity index is 1.35. The van der Waals surface area contributed by atoms with E-state index < -0.39 is 0 Å². The van der Waals surface area contributed by atoms with Gasteiger partial charge in [0, 0.05) is 38.9 Å². The van der Waals surface area contributed by atoms with E-state index in [0.717, 1.165) is 44.5 Å². The Morgan fingerprint density at radius 3 is 2.29 bits per heavy atom. The number of fused-ring (bicyclic) bond motifs is 1. The average Bonchev–Trinajstić information content (AvgIpc) is 2.93. The van der Waals surface area contributed by atoms with Crippen LogP contribution < -0.4 is 4.74 Å². The Kier molecular flexibility index (Phi) is 8.30. The number of likely N-dealkylation sites (tertiary alicyclic amines) is 1. The molecule has 0 amide bonds. The van der Waals surface area contributed by atoms with E-state index in [1.54, 1.807) is 14.2 Å². The lowest BCUT2D eigenvalue weighted by molar-refractivity contribution is -0.145. The van der Waals surface area contributed by atoms with Crippen LogP contribution in [0.15, 0.2) is 72.5 Å². The van der Waals surface area contributed by atoms with Crippen molar-refractivity contribution in [2.45, 2.75) is 76.6 Å². The van der Waals surface area contributed by atoms with Crippen LogP contribution in [0.5, 0.6) is 5.75 Å². The van der Waals surface area contributed by atoms with Gasteiger partial charge in [0.15, 0.2) is 6.29 Å². The summed E-state index contributed by atoms with van der Waals surface area (Å²) in [6.07, 6.45) is 12.9. The van der Waals surface area contributed by atoms with Crippen LogP contribution in [-0.2, 0) is 15.9 Å². The molecule has 204 valence electrons. The van der Waals surface area contributed by atoms with Crippen molar-refractivity contribution < 1.29 is 14.2 Å². The second kappa shape index (κ2) is 11.7. The van der Waals surface area contributed by atoms with Gasteiger partial charge in [0.2, 0.25) is 0 Å².